The zero-order valence-electron chi connectivity index (χ0n) is 12.0. The molecule has 1 fully saturated rings. The SMILES string of the molecule is NCC1(N2CCc3sccc3C2)CCC(C(F)(F)F)CC1. The largest absolute Gasteiger partial charge is 0.391 e. The summed E-state index contributed by atoms with van der Waals surface area (Å²) in [5, 5.41) is 2.10. The van der Waals surface area contributed by atoms with E-state index in [4.69, 9.17) is 5.73 Å². The van der Waals surface area contributed by atoms with Gasteiger partial charge in [0.25, 0.3) is 0 Å². The smallest absolute Gasteiger partial charge is 0.329 e. The molecule has 0 saturated heterocycles. The van der Waals surface area contributed by atoms with E-state index in [1.807, 2.05) is 0 Å². The zero-order valence-corrected chi connectivity index (χ0v) is 12.8. The lowest BCUT2D eigenvalue weighted by molar-refractivity contribution is -0.188. The molecule has 0 unspecified atom stereocenters. The van der Waals surface area contributed by atoms with Crippen LogP contribution in [0.25, 0.3) is 0 Å². The summed E-state index contributed by atoms with van der Waals surface area (Å²) in [6, 6.07) is 2.14. The number of alkyl halides is 3. The lowest BCUT2D eigenvalue weighted by Crippen LogP contribution is -2.57. The van der Waals surface area contributed by atoms with Gasteiger partial charge in [-0.1, -0.05) is 0 Å². The summed E-state index contributed by atoms with van der Waals surface area (Å²) in [4.78, 5) is 3.76. The Hall–Kier alpha value is -0.590. The Labute approximate surface area is 127 Å². The van der Waals surface area contributed by atoms with Crippen LogP contribution in [0.2, 0.25) is 0 Å². The third-order valence-corrected chi connectivity index (χ3v) is 6.26. The van der Waals surface area contributed by atoms with Crippen LogP contribution in [-0.2, 0) is 13.0 Å². The summed E-state index contributed by atoms with van der Waals surface area (Å²) in [7, 11) is 0. The van der Waals surface area contributed by atoms with E-state index >= 15 is 0 Å². The summed E-state index contributed by atoms with van der Waals surface area (Å²) >= 11 is 1.78. The average Bonchev–Trinajstić information content (AvgIpc) is 2.93. The quantitative estimate of drug-likeness (QED) is 0.903. The molecule has 6 heteroatoms. The van der Waals surface area contributed by atoms with Gasteiger partial charge in [0.1, 0.15) is 0 Å². The highest BCUT2D eigenvalue weighted by molar-refractivity contribution is 7.10. The van der Waals surface area contributed by atoms with Crippen LogP contribution in [0.5, 0.6) is 0 Å². The van der Waals surface area contributed by atoms with Crippen LogP contribution in [0.3, 0.4) is 0 Å². The second-order valence-electron chi connectivity index (χ2n) is 6.28. The third-order valence-electron chi connectivity index (χ3n) is 5.24. The fourth-order valence-corrected chi connectivity index (χ4v) is 4.67. The fourth-order valence-electron chi connectivity index (χ4n) is 3.79. The summed E-state index contributed by atoms with van der Waals surface area (Å²) in [6.45, 7) is 2.21. The Bertz CT molecular complexity index is 489. The minimum atomic E-state index is -4.05. The molecule has 1 aliphatic carbocycles. The number of rotatable bonds is 2. The summed E-state index contributed by atoms with van der Waals surface area (Å²) in [6.07, 6.45) is -1.50. The van der Waals surface area contributed by atoms with Crippen molar-refractivity contribution in [3.63, 3.8) is 0 Å². The first-order valence-electron chi connectivity index (χ1n) is 7.52. The van der Waals surface area contributed by atoms with Crippen LogP contribution in [0, 0.1) is 5.92 Å². The van der Waals surface area contributed by atoms with Gasteiger partial charge in [-0.05, 0) is 49.1 Å². The topological polar surface area (TPSA) is 29.3 Å². The molecule has 0 radical (unpaired) electrons. The maximum absolute atomic E-state index is 12.9. The molecule has 0 amide bonds. The maximum atomic E-state index is 12.9. The van der Waals surface area contributed by atoms with Gasteiger partial charge >= 0.3 is 6.18 Å². The molecule has 1 aromatic rings. The number of fused-ring (bicyclic) bond motifs is 1. The molecule has 2 aliphatic rings. The lowest BCUT2D eigenvalue weighted by Gasteiger charge is -2.49. The molecule has 2 heterocycles. The van der Waals surface area contributed by atoms with E-state index in [0.717, 1.165) is 19.5 Å². The molecule has 118 valence electrons. The number of hydrogen-bond donors (Lipinski definition) is 1. The van der Waals surface area contributed by atoms with Gasteiger partial charge < -0.3 is 5.73 Å². The van der Waals surface area contributed by atoms with E-state index in [9.17, 15) is 13.2 Å². The molecule has 0 atom stereocenters. The standard InChI is InChI=1S/C15H21F3N2S/c16-15(17,18)12-1-5-14(10-19,6-2-12)20-7-3-13-11(9-20)4-8-21-13/h4,8,12H,1-3,5-7,9-10,19H2. The summed E-state index contributed by atoms with van der Waals surface area (Å²) < 4.78 is 38.6. The molecule has 1 aliphatic heterocycles. The van der Waals surface area contributed by atoms with E-state index in [-0.39, 0.29) is 18.4 Å². The van der Waals surface area contributed by atoms with E-state index < -0.39 is 12.1 Å². The molecule has 21 heavy (non-hydrogen) atoms. The van der Waals surface area contributed by atoms with Crippen LogP contribution in [-0.4, -0.2) is 29.7 Å². The normalized spacial score (nSPS) is 31.1. The first-order chi connectivity index (χ1) is 9.94. The predicted molar refractivity (Wildman–Crippen MR) is 78.2 cm³/mol. The number of hydrogen-bond acceptors (Lipinski definition) is 3. The molecule has 2 N–H and O–H groups in total. The number of thiophene rings is 1. The Morgan fingerprint density at radius 2 is 2.05 bits per heavy atom. The monoisotopic (exact) mass is 318 g/mol. The predicted octanol–water partition coefficient (Wildman–Crippen LogP) is 3.56. The molecule has 1 aromatic heterocycles. The lowest BCUT2D eigenvalue weighted by atomic mass is 9.74. The first-order valence-corrected chi connectivity index (χ1v) is 8.40. The van der Waals surface area contributed by atoms with Gasteiger partial charge in [0.15, 0.2) is 0 Å². The van der Waals surface area contributed by atoms with Gasteiger partial charge in [0.2, 0.25) is 0 Å². The van der Waals surface area contributed by atoms with E-state index in [0.29, 0.717) is 19.4 Å². The van der Waals surface area contributed by atoms with Gasteiger partial charge in [-0.15, -0.1) is 11.3 Å². The number of nitrogens with zero attached hydrogens (tertiary/aromatic N) is 1. The zero-order chi connectivity index (χ0) is 15.1. The Kier molecular flexibility index (Phi) is 4.05. The van der Waals surface area contributed by atoms with Crippen LogP contribution < -0.4 is 5.73 Å². The highest BCUT2D eigenvalue weighted by atomic mass is 32.1. The van der Waals surface area contributed by atoms with Crippen molar-refractivity contribution in [3.05, 3.63) is 21.9 Å². The average molecular weight is 318 g/mol. The van der Waals surface area contributed by atoms with Gasteiger partial charge in [0, 0.05) is 30.1 Å². The van der Waals surface area contributed by atoms with Crippen molar-refractivity contribution in [2.24, 2.45) is 11.7 Å². The van der Waals surface area contributed by atoms with Crippen molar-refractivity contribution in [2.75, 3.05) is 13.1 Å². The molecule has 0 bridgehead atoms. The minimum Gasteiger partial charge on any atom is -0.329 e. The van der Waals surface area contributed by atoms with Crippen LogP contribution in [0.1, 0.15) is 36.1 Å². The van der Waals surface area contributed by atoms with Crippen molar-refractivity contribution >= 4 is 11.3 Å². The van der Waals surface area contributed by atoms with Crippen molar-refractivity contribution in [1.29, 1.82) is 0 Å². The molecule has 1 saturated carbocycles. The third kappa shape index (κ3) is 2.85. The van der Waals surface area contributed by atoms with Gasteiger partial charge in [0.05, 0.1) is 5.92 Å². The summed E-state index contributed by atoms with van der Waals surface area (Å²) in [5.74, 6) is -1.14. The molecular formula is C15H21F3N2S. The Morgan fingerprint density at radius 3 is 2.67 bits per heavy atom. The molecular weight excluding hydrogens is 297 g/mol. The molecule has 0 spiro atoms. The molecule has 0 aromatic carbocycles. The van der Waals surface area contributed by atoms with Gasteiger partial charge in [-0.3, -0.25) is 4.90 Å². The maximum Gasteiger partial charge on any atom is 0.391 e. The second-order valence-corrected chi connectivity index (χ2v) is 7.29. The summed E-state index contributed by atoms with van der Waals surface area (Å²) in [5.41, 5.74) is 7.09. The second kappa shape index (κ2) is 5.56. The highest BCUT2D eigenvalue weighted by Gasteiger charge is 2.47. The Balaban J connectivity index is 1.72. The van der Waals surface area contributed by atoms with Crippen LogP contribution in [0.4, 0.5) is 13.2 Å². The van der Waals surface area contributed by atoms with E-state index in [1.165, 1.54) is 10.4 Å². The van der Waals surface area contributed by atoms with E-state index in [1.54, 1.807) is 11.3 Å². The molecule has 2 nitrogen and oxygen atoms in total. The van der Waals surface area contributed by atoms with Crippen molar-refractivity contribution in [1.82, 2.24) is 4.90 Å². The fraction of sp³-hybridized carbons (Fsp3) is 0.733. The van der Waals surface area contributed by atoms with Crippen LogP contribution in [0.15, 0.2) is 11.4 Å². The van der Waals surface area contributed by atoms with E-state index in [2.05, 4.69) is 16.3 Å². The van der Waals surface area contributed by atoms with Gasteiger partial charge in [-0.25, -0.2) is 0 Å². The highest BCUT2D eigenvalue weighted by Crippen LogP contribution is 2.44. The Morgan fingerprint density at radius 1 is 1.33 bits per heavy atom. The number of halogens is 3. The minimum absolute atomic E-state index is 0.216. The molecule has 3 rings (SSSR count). The van der Waals surface area contributed by atoms with Crippen molar-refractivity contribution in [2.45, 2.75) is 50.4 Å². The van der Waals surface area contributed by atoms with Crippen molar-refractivity contribution < 1.29 is 13.2 Å². The first kappa shape index (κ1) is 15.3. The van der Waals surface area contributed by atoms with Crippen LogP contribution >= 0.6 is 11.3 Å². The van der Waals surface area contributed by atoms with Gasteiger partial charge in [-0.2, -0.15) is 13.2 Å². The number of nitrogens with two attached hydrogens (primary N) is 1. The van der Waals surface area contributed by atoms with Crippen molar-refractivity contribution in [3.8, 4) is 0 Å².